The predicted octanol–water partition coefficient (Wildman–Crippen LogP) is 2.98. The number of nitrogens with one attached hydrogen (secondary N) is 1. The summed E-state index contributed by atoms with van der Waals surface area (Å²) in [5.74, 6) is 0.672. The fourth-order valence-electron chi connectivity index (χ4n) is 4.41. The highest BCUT2D eigenvalue weighted by Gasteiger charge is 2.27. The average Bonchev–Trinajstić information content (AvgIpc) is 2.77. The number of aryl methyl sites for hydroxylation is 1. The second-order valence-corrected chi connectivity index (χ2v) is 9.80. The molecule has 1 N–H and O–H groups in total. The van der Waals surface area contributed by atoms with E-state index >= 15 is 0 Å². The molecule has 0 atom stereocenters. The first-order valence-electron chi connectivity index (χ1n) is 11.7. The second-order valence-electron chi connectivity index (χ2n) is 9.80. The molecule has 33 heavy (non-hydrogen) atoms. The van der Waals surface area contributed by atoms with Crippen molar-refractivity contribution in [2.75, 3.05) is 31.2 Å². The van der Waals surface area contributed by atoms with Gasteiger partial charge in [0.15, 0.2) is 0 Å². The van der Waals surface area contributed by atoms with Crippen LogP contribution in [0.1, 0.15) is 46.5 Å². The molecule has 9 nitrogen and oxygen atoms in total. The monoisotopic (exact) mass is 458 g/mol. The number of hydrogen-bond acceptors (Lipinski definition) is 7. The number of carbonyl (C=O) groups is 1. The van der Waals surface area contributed by atoms with Crippen LogP contribution >= 0.6 is 0 Å². The van der Waals surface area contributed by atoms with Gasteiger partial charge in [-0.05, 0) is 52.5 Å². The predicted molar refractivity (Wildman–Crippen MR) is 126 cm³/mol. The Bertz CT molecular complexity index is 1050. The molecule has 1 aliphatic carbocycles. The Kier molecular flexibility index (Phi) is 6.78. The highest BCUT2D eigenvalue weighted by molar-refractivity contribution is 5.86. The molecule has 9 heteroatoms. The number of morpholine rings is 1. The van der Waals surface area contributed by atoms with Gasteiger partial charge in [-0.3, -0.25) is 4.79 Å². The number of hydrogen-bond donors (Lipinski definition) is 1. The Morgan fingerprint density at radius 2 is 1.85 bits per heavy atom. The molecule has 1 saturated carbocycles. The standard InChI is InChI=1S/C24H34N4O5/c1-24(2,3)33-23(30)26-16-5-7-18(8-6-16)32-20-14-17(28-9-11-31-12-10-28)13-19-22(20)27(4)21(29)15-25-19/h13-16,18H,5-12H2,1-4H3,(H,26,30)/t16-,18+. The van der Waals surface area contributed by atoms with Crippen molar-refractivity contribution in [3.8, 4) is 5.75 Å². The van der Waals surface area contributed by atoms with E-state index in [1.165, 1.54) is 6.20 Å². The van der Waals surface area contributed by atoms with Crippen molar-refractivity contribution >= 4 is 22.8 Å². The van der Waals surface area contributed by atoms with Crippen LogP contribution in [0.5, 0.6) is 5.75 Å². The number of anilines is 1. The lowest BCUT2D eigenvalue weighted by molar-refractivity contribution is 0.0471. The normalized spacial score (nSPS) is 21.6. The topological polar surface area (TPSA) is 94.9 Å². The maximum atomic E-state index is 12.3. The number of aromatic nitrogens is 2. The van der Waals surface area contributed by atoms with Crippen molar-refractivity contribution in [1.29, 1.82) is 0 Å². The van der Waals surface area contributed by atoms with E-state index in [1.54, 1.807) is 11.6 Å². The molecule has 0 bridgehead atoms. The van der Waals surface area contributed by atoms with Gasteiger partial charge in [-0.2, -0.15) is 0 Å². The first kappa shape index (κ1) is 23.4. The third-order valence-corrected chi connectivity index (χ3v) is 6.08. The van der Waals surface area contributed by atoms with Crippen LogP contribution in [0.3, 0.4) is 0 Å². The van der Waals surface area contributed by atoms with Crippen molar-refractivity contribution in [3.63, 3.8) is 0 Å². The van der Waals surface area contributed by atoms with E-state index in [-0.39, 0.29) is 23.8 Å². The first-order chi connectivity index (χ1) is 15.7. The highest BCUT2D eigenvalue weighted by Crippen LogP contribution is 2.33. The summed E-state index contributed by atoms with van der Waals surface area (Å²) in [4.78, 5) is 31.0. The van der Waals surface area contributed by atoms with E-state index in [2.05, 4.69) is 15.2 Å². The van der Waals surface area contributed by atoms with E-state index in [0.717, 1.165) is 50.0 Å². The van der Waals surface area contributed by atoms with Gasteiger partial charge in [0.2, 0.25) is 0 Å². The number of ether oxygens (including phenoxy) is 3. The molecule has 2 heterocycles. The number of rotatable bonds is 4. The molecule has 4 rings (SSSR count). The first-order valence-corrected chi connectivity index (χ1v) is 11.7. The van der Waals surface area contributed by atoms with Gasteiger partial charge in [0.05, 0.1) is 31.0 Å². The fourth-order valence-corrected chi connectivity index (χ4v) is 4.41. The number of benzene rings is 1. The molecule has 0 unspecified atom stereocenters. The molecule has 2 fully saturated rings. The van der Waals surface area contributed by atoms with Gasteiger partial charge >= 0.3 is 6.09 Å². The van der Waals surface area contributed by atoms with Crippen LogP contribution in [-0.4, -0.2) is 59.7 Å². The maximum absolute atomic E-state index is 12.3. The van der Waals surface area contributed by atoms with Crippen molar-refractivity contribution in [1.82, 2.24) is 14.9 Å². The van der Waals surface area contributed by atoms with E-state index in [9.17, 15) is 9.59 Å². The third kappa shape index (κ3) is 5.76. The molecule has 1 saturated heterocycles. The number of nitrogens with zero attached hydrogens (tertiary/aromatic N) is 3. The molecule has 2 aliphatic rings. The maximum Gasteiger partial charge on any atom is 0.407 e. The summed E-state index contributed by atoms with van der Waals surface area (Å²) in [6.07, 6.45) is 4.19. The number of fused-ring (bicyclic) bond motifs is 1. The van der Waals surface area contributed by atoms with E-state index in [0.29, 0.717) is 24.5 Å². The van der Waals surface area contributed by atoms with Crippen LogP contribution in [0.2, 0.25) is 0 Å². The summed E-state index contributed by atoms with van der Waals surface area (Å²) in [6, 6.07) is 4.09. The van der Waals surface area contributed by atoms with E-state index < -0.39 is 5.60 Å². The van der Waals surface area contributed by atoms with Crippen LogP contribution in [0.15, 0.2) is 23.1 Å². The number of alkyl carbamates (subject to hydrolysis) is 1. The summed E-state index contributed by atoms with van der Waals surface area (Å²) >= 11 is 0. The van der Waals surface area contributed by atoms with Crippen molar-refractivity contribution < 1.29 is 19.0 Å². The highest BCUT2D eigenvalue weighted by atomic mass is 16.6. The van der Waals surface area contributed by atoms with Crippen LogP contribution in [0, 0.1) is 0 Å². The summed E-state index contributed by atoms with van der Waals surface area (Å²) in [7, 11) is 1.75. The lowest BCUT2D eigenvalue weighted by atomic mass is 9.93. The number of amides is 1. The molecular formula is C24H34N4O5. The second kappa shape index (κ2) is 9.59. The molecule has 0 radical (unpaired) electrons. The van der Waals surface area contributed by atoms with Gasteiger partial charge in [0, 0.05) is 37.9 Å². The lowest BCUT2D eigenvalue weighted by Gasteiger charge is -2.32. The molecule has 1 amide bonds. The Labute approximate surface area is 194 Å². The molecule has 1 aromatic heterocycles. The molecule has 1 aliphatic heterocycles. The van der Waals surface area contributed by atoms with Crippen molar-refractivity contribution in [2.45, 2.75) is 64.2 Å². The molecule has 2 aromatic rings. The smallest absolute Gasteiger partial charge is 0.407 e. The van der Waals surface area contributed by atoms with Gasteiger partial charge in [0.1, 0.15) is 16.9 Å². The molecule has 1 aromatic carbocycles. The molecular weight excluding hydrogens is 424 g/mol. The minimum absolute atomic E-state index is 0.000124. The van der Waals surface area contributed by atoms with Gasteiger partial charge in [0.25, 0.3) is 5.56 Å². The average molecular weight is 459 g/mol. The van der Waals surface area contributed by atoms with Crippen LogP contribution < -0.4 is 20.5 Å². The lowest BCUT2D eigenvalue weighted by Crippen LogP contribution is -2.42. The van der Waals surface area contributed by atoms with Gasteiger partial charge < -0.3 is 29.0 Å². The van der Waals surface area contributed by atoms with Crippen molar-refractivity contribution in [3.05, 3.63) is 28.7 Å². The SMILES string of the molecule is Cn1c(=O)cnc2cc(N3CCOCC3)cc(O[C@H]3CC[C@@H](NC(=O)OC(C)(C)C)CC3)c21. The van der Waals surface area contributed by atoms with Gasteiger partial charge in [-0.15, -0.1) is 0 Å². The zero-order valence-electron chi connectivity index (χ0n) is 19.9. The number of carbonyl (C=O) groups excluding carboxylic acids is 1. The third-order valence-electron chi connectivity index (χ3n) is 6.08. The Morgan fingerprint density at radius 1 is 1.15 bits per heavy atom. The molecule has 0 spiro atoms. The Balaban J connectivity index is 1.49. The Hall–Kier alpha value is -2.81. The van der Waals surface area contributed by atoms with Crippen LogP contribution in [0.25, 0.3) is 11.0 Å². The summed E-state index contributed by atoms with van der Waals surface area (Å²) in [5.41, 5.74) is 1.77. The van der Waals surface area contributed by atoms with Crippen LogP contribution in [0.4, 0.5) is 10.5 Å². The fraction of sp³-hybridized carbons (Fsp3) is 0.625. The quantitative estimate of drug-likeness (QED) is 0.753. The summed E-state index contributed by atoms with van der Waals surface area (Å²) < 4.78 is 18.9. The van der Waals surface area contributed by atoms with Gasteiger partial charge in [-0.25, -0.2) is 9.78 Å². The zero-order valence-corrected chi connectivity index (χ0v) is 19.9. The van der Waals surface area contributed by atoms with E-state index in [1.807, 2.05) is 32.9 Å². The summed E-state index contributed by atoms with van der Waals surface area (Å²) in [6.45, 7) is 8.54. The van der Waals surface area contributed by atoms with E-state index in [4.69, 9.17) is 14.2 Å². The van der Waals surface area contributed by atoms with Crippen molar-refractivity contribution in [2.24, 2.45) is 7.05 Å². The van der Waals surface area contributed by atoms with Gasteiger partial charge in [-0.1, -0.05) is 0 Å². The minimum Gasteiger partial charge on any atom is -0.488 e. The zero-order chi connectivity index (χ0) is 23.6. The molecule has 180 valence electrons. The van der Waals surface area contributed by atoms with Crippen LogP contribution in [-0.2, 0) is 16.5 Å². The minimum atomic E-state index is -0.513. The largest absolute Gasteiger partial charge is 0.488 e. The summed E-state index contributed by atoms with van der Waals surface area (Å²) in [5, 5.41) is 2.97. The Morgan fingerprint density at radius 3 is 2.52 bits per heavy atom.